The Kier molecular flexibility index (Phi) is 6.33. The monoisotopic (exact) mass is 422 g/mol. The van der Waals surface area contributed by atoms with Crippen LogP contribution >= 0.6 is 11.3 Å². The Hall–Kier alpha value is -2.86. The zero-order chi connectivity index (χ0) is 20.9. The summed E-state index contributed by atoms with van der Waals surface area (Å²) in [5.41, 5.74) is 1.91. The summed E-state index contributed by atoms with van der Waals surface area (Å²) in [4.78, 5) is 19.6. The van der Waals surface area contributed by atoms with E-state index in [0.717, 1.165) is 47.6 Å². The van der Waals surface area contributed by atoms with E-state index in [1.54, 1.807) is 24.5 Å². The molecular formula is C24H26N2O3S. The van der Waals surface area contributed by atoms with Crippen molar-refractivity contribution in [2.75, 3.05) is 20.3 Å². The minimum absolute atomic E-state index is 0.0158. The number of aromatic nitrogens is 1. The summed E-state index contributed by atoms with van der Waals surface area (Å²) < 4.78 is 12.3. The zero-order valence-corrected chi connectivity index (χ0v) is 18.2. The number of thiazole rings is 1. The normalized spacial score (nSPS) is 16.5. The van der Waals surface area contributed by atoms with Gasteiger partial charge in [-0.15, -0.1) is 11.3 Å². The largest absolute Gasteiger partial charge is 0.493 e. The highest BCUT2D eigenvalue weighted by Gasteiger charge is 2.31. The molecule has 1 aliphatic heterocycles. The van der Waals surface area contributed by atoms with Crippen LogP contribution in [0.5, 0.6) is 11.5 Å². The molecule has 3 aromatic rings. The fraction of sp³-hybridized carbons (Fsp3) is 0.333. The van der Waals surface area contributed by atoms with Crippen LogP contribution in [0.4, 0.5) is 0 Å². The number of para-hydroxylation sites is 1. The van der Waals surface area contributed by atoms with Crippen molar-refractivity contribution in [3.8, 4) is 11.5 Å². The molecule has 0 N–H and O–H groups in total. The summed E-state index contributed by atoms with van der Waals surface area (Å²) in [6, 6.07) is 13.9. The van der Waals surface area contributed by atoms with Crippen LogP contribution in [-0.2, 0) is 4.79 Å². The van der Waals surface area contributed by atoms with Crippen molar-refractivity contribution in [3.05, 3.63) is 59.1 Å². The maximum Gasteiger partial charge on any atom is 0.247 e. The summed E-state index contributed by atoms with van der Waals surface area (Å²) in [6.45, 7) is 3.47. The third-order valence-electron chi connectivity index (χ3n) is 5.20. The van der Waals surface area contributed by atoms with Crippen LogP contribution in [0, 0.1) is 0 Å². The molecule has 1 unspecified atom stereocenters. The molecule has 4 rings (SSSR count). The second kappa shape index (κ2) is 9.30. The van der Waals surface area contributed by atoms with Crippen molar-refractivity contribution < 1.29 is 14.3 Å². The van der Waals surface area contributed by atoms with E-state index in [2.05, 4.69) is 13.0 Å². The quantitative estimate of drug-likeness (QED) is 0.474. The van der Waals surface area contributed by atoms with E-state index in [1.165, 1.54) is 4.70 Å². The van der Waals surface area contributed by atoms with Crippen LogP contribution in [0.15, 0.2) is 48.5 Å². The van der Waals surface area contributed by atoms with E-state index in [1.807, 2.05) is 47.4 Å². The third kappa shape index (κ3) is 4.33. The van der Waals surface area contributed by atoms with Gasteiger partial charge in [0.15, 0.2) is 11.5 Å². The van der Waals surface area contributed by atoms with Gasteiger partial charge in [0.1, 0.15) is 5.01 Å². The van der Waals surface area contributed by atoms with E-state index >= 15 is 0 Å². The molecule has 2 heterocycles. The molecule has 1 aliphatic rings. The highest BCUT2D eigenvalue weighted by Crippen LogP contribution is 2.36. The van der Waals surface area contributed by atoms with Gasteiger partial charge in [-0.2, -0.15) is 0 Å². The molecule has 30 heavy (non-hydrogen) atoms. The van der Waals surface area contributed by atoms with Crippen LogP contribution in [0.25, 0.3) is 16.3 Å². The van der Waals surface area contributed by atoms with Gasteiger partial charge < -0.3 is 14.4 Å². The Bertz CT molecular complexity index is 1030. The van der Waals surface area contributed by atoms with Crippen LogP contribution < -0.4 is 9.47 Å². The number of carbonyl (C=O) groups is 1. The van der Waals surface area contributed by atoms with Crippen molar-refractivity contribution in [1.82, 2.24) is 9.88 Å². The Morgan fingerprint density at radius 2 is 2.13 bits per heavy atom. The van der Waals surface area contributed by atoms with Gasteiger partial charge in [0, 0.05) is 12.6 Å². The Morgan fingerprint density at radius 3 is 2.93 bits per heavy atom. The second-order valence-corrected chi connectivity index (χ2v) is 8.36. The first-order valence-electron chi connectivity index (χ1n) is 10.3. The number of ether oxygens (including phenoxy) is 2. The first-order valence-corrected chi connectivity index (χ1v) is 11.2. The number of benzene rings is 2. The van der Waals surface area contributed by atoms with Gasteiger partial charge in [-0.1, -0.05) is 25.1 Å². The summed E-state index contributed by atoms with van der Waals surface area (Å²) in [6.07, 6.45) is 6.37. The number of methoxy groups -OCH3 is 1. The third-order valence-corrected chi connectivity index (χ3v) is 6.34. The second-order valence-electron chi connectivity index (χ2n) is 7.30. The number of hydrogen-bond donors (Lipinski definition) is 0. The van der Waals surface area contributed by atoms with E-state index in [9.17, 15) is 4.79 Å². The molecule has 0 spiro atoms. The predicted molar refractivity (Wildman–Crippen MR) is 121 cm³/mol. The molecule has 1 fully saturated rings. The molecule has 0 aliphatic carbocycles. The number of likely N-dealkylation sites (tertiary alicyclic amines) is 1. The lowest BCUT2D eigenvalue weighted by Crippen LogP contribution is -2.28. The average molecular weight is 423 g/mol. The van der Waals surface area contributed by atoms with Gasteiger partial charge in [-0.25, -0.2) is 4.98 Å². The molecule has 6 heteroatoms. The fourth-order valence-corrected chi connectivity index (χ4v) is 4.82. The maximum atomic E-state index is 12.9. The topological polar surface area (TPSA) is 51.7 Å². The van der Waals surface area contributed by atoms with Crippen molar-refractivity contribution >= 4 is 33.5 Å². The maximum absolute atomic E-state index is 12.9. The Balaban J connectivity index is 1.49. The number of rotatable bonds is 7. The van der Waals surface area contributed by atoms with Gasteiger partial charge in [-0.3, -0.25) is 4.79 Å². The molecule has 0 radical (unpaired) electrons. The first kappa shape index (κ1) is 20.4. The zero-order valence-electron chi connectivity index (χ0n) is 17.3. The number of hydrogen-bond acceptors (Lipinski definition) is 5. The van der Waals surface area contributed by atoms with Crippen LogP contribution in [0.1, 0.15) is 42.8 Å². The summed E-state index contributed by atoms with van der Waals surface area (Å²) in [5, 5.41) is 1.02. The molecule has 0 saturated carbocycles. The SMILES string of the molecule is CCCOc1ccc(/C=C/C(=O)N2CCCC2c2nc3ccccc3s2)cc1OC. The molecule has 156 valence electrons. The Labute approximate surface area is 180 Å². The molecule has 1 atom stereocenters. The van der Waals surface area contributed by atoms with E-state index in [-0.39, 0.29) is 11.9 Å². The Morgan fingerprint density at radius 1 is 1.27 bits per heavy atom. The minimum atomic E-state index is 0.0158. The summed E-state index contributed by atoms with van der Waals surface area (Å²) in [7, 11) is 1.62. The molecule has 2 aromatic carbocycles. The molecular weight excluding hydrogens is 396 g/mol. The number of fused-ring (bicyclic) bond motifs is 1. The molecule has 1 amide bonds. The van der Waals surface area contributed by atoms with Crippen molar-refractivity contribution in [3.63, 3.8) is 0 Å². The lowest BCUT2D eigenvalue weighted by molar-refractivity contribution is -0.126. The van der Waals surface area contributed by atoms with Crippen molar-refractivity contribution in [1.29, 1.82) is 0 Å². The van der Waals surface area contributed by atoms with Gasteiger partial charge in [0.25, 0.3) is 0 Å². The van der Waals surface area contributed by atoms with E-state index in [0.29, 0.717) is 12.4 Å². The minimum Gasteiger partial charge on any atom is -0.493 e. The predicted octanol–water partition coefficient (Wildman–Crippen LogP) is 5.47. The smallest absolute Gasteiger partial charge is 0.247 e. The number of amides is 1. The van der Waals surface area contributed by atoms with Gasteiger partial charge >= 0.3 is 0 Å². The number of carbonyl (C=O) groups excluding carboxylic acids is 1. The highest BCUT2D eigenvalue weighted by molar-refractivity contribution is 7.18. The summed E-state index contributed by atoms with van der Waals surface area (Å²) >= 11 is 1.68. The van der Waals surface area contributed by atoms with Crippen molar-refractivity contribution in [2.45, 2.75) is 32.2 Å². The lowest BCUT2D eigenvalue weighted by atomic mass is 10.1. The van der Waals surface area contributed by atoms with Crippen LogP contribution in [0.2, 0.25) is 0 Å². The fourth-order valence-electron chi connectivity index (χ4n) is 3.70. The highest BCUT2D eigenvalue weighted by atomic mass is 32.1. The van der Waals surface area contributed by atoms with E-state index < -0.39 is 0 Å². The standard InChI is InChI=1S/C24H26N2O3S/c1-3-15-29-20-12-10-17(16-21(20)28-2)11-13-23(27)26-14-6-8-19(26)24-25-18-7-4-5-9-22(18)30-24/h4-5,7,9-13,16,19H,3,6,8,14-15H2,1-2H3/b13-11+. The molecule has 0 bridgehead atoms. The summed E-state index contributed by atoms with van der Waals surface area (Å²) in [5.74, 6) is 1.41. The first-order chi connectivity index (χ1) is 14.7. The lowest BCUT2D eigenvalue weighted by Gasteiger charge is -2.21. The van der Waals surface area contributed by atoms with Crippen LogP contribution in [0.3, 0.4) is 0 Å². The molecule has 5 nitrogen and oxygen atoms in total. The van der Waals surface area contributed by atoms with Gasteiger partial charge in [0.05, 0.1) is 30.0 Å². The van der Waals surface area contributed by atoms with Gasteiger partial charge in [-0.05, 0) is 55.2 Å². The van der Waals surface area contributed by atoms with Crippen molar-refractivity contribution in [2.24, 2.45) is 0 Å². The van der Waals surface area contributed by atoms with E-state index in [4.69, 9.17) is 14.5 Å². The van der Waals surface area contributed by atoms with Gasteiger partial charge in [0.2, 0.25) is 5.91 Å². The molecule has 1 saturated heterocycles. The average Bonchev–Trinajstić information content (AvgIpc) is 3.43. The van der Waals surface area contributed by atoms with Crippen LogP contribution in [-0.4, -0.2) is 36.1 Å². The molecule has 1 aromatic heterocycles. The number of nitrogens with zero attached hydrogens (tertiary/aromatic N) is 2.